The van der Waals surface area contributed by atoms with Crippen LogP contribution in [-0.2, 0) is 4.79 Å². The van der Waals surface area contributed by atoms with Crippen molar-refractivity contribution < 1.29 is 19.4 Å². The van der Waals surface area contributed by atoms with Crippen LogP contribution in [0.3, 0.4) is 0 Å². The average Bonchev–Trinajstić information content (AvgIpc) is 2.59. The number of methoxy groups -OCH3 is 1. The zero-order chi connectivity index (χ0) is 17.7. The Kier molecular flexibility index (Phi) is 6.05. The lowest BCUT2D eigenvalue weighted by molar-refractivity contribution is -0.136. The third-order valence-electron chi connectivity index (χ3n) is 3.03. The Morgan fingerprint density at radius 2 is 1.88 bits per heavy atom. The van der Waals surface area contributed by atoms with Crippen LogP contribution < -0.4 is 4.74 Å². The molecule has 0 spiro atoms. The van der Waals surface area contributed by atoms with Gasteiger partial charge in [-0.25, -0.2) is 4.79 Å². The van der Waals surface area contributed by atoms with Crippen molar-refractivity contribution in [3.63, 3.8) is 0 Å². The number of carbonyl (C=O) groups is 2. The number of benzene rings is 2. The maximum absolute atomic E-state index is 12.7. The van der Waals surface area contributed by atoms with E-state index in [1.807, 2.05) is 0 Å². The highest BCUT2D eigenvalue weighted by molar-refractivity contribution is 9.10. The van der Waals surface area contributed by atoms with E-state index in [-0.39, 0.29) is 17.0 Å². The molecule has 0 aliphatic carbocycles. The monoisotopic (exact) mass is 410 g/mol. The summed E-state index contributed by atoms with van der Waals surface area (Å²) < 4.78 is 5.06. The minimum atomic E-state index is -1.20. The lowest BCUT2D eigenvalue weighted by Crippen LogP contribution is -2.08. The van der Waals surface area contributed by atoms with Crippen molar-refractivity contribution in [2.45, 2.75) is 4.95 Å². The quantitative estimate of drug-likeness (QED) is 0.329. The van der Waals surface area contributed by atoms with Gasteiger partial charge in [0.1, 0.15) is 5.75 Å². The molecule has 0 amide bonds. The van der Waals surface area contributed by atoms with Crippen molar-refractivity contribution in [2.75, 3.05) is 7.11 Å². The number of nitrogens with zero attached hydrogens (tertiary/aromatic N) is 2. The highest BCUT2D eigenvalue weighted by atomic mass is 79.9. The number of rotatable bonds is 6. The van der Waals surface area contributed by atoms with E-state index in [9.17, 15) is 9.59 Å². The van der Waals surface area contributed by atoms with E-state index < -0.39 is 10.9 Å². The summed E-state index contributed by atoms with van der Waals surface area (Å²) in [7, 11) is 1.53. The van der Waals surface area contributed by atoms with E-state index >= 15 is 0 Å². The second kappa shape index (κ2) is 8.03. The Hall–Kier alpha value is -2.25. The molecule has 0 bridgehead atoms. The first-order valence-electron chi connectivity index (χ1n) is 6.68. The van der Waals surface area contributed by atoms with Crippen LogP contribution >= 0.6 is 27.5 Å². The van der Waals surface area contributed by atoms with Crippen LogP contribution in [0.15, 0.2) is 52.7 Å². The number of aliphatic carboxylic acids is 1. The Morgan fingerprint density at radius 1 is 1.21 bits per heavy atom. The third kappa shape index (κ3) is 4.39. The number of ether oxygens (including phenoxy) is 1. The number of azo groups is 1. The van der Waals surface area contributed by atoms with E-state index in [0.29, 0.717) is 16.3 Å². The molecule has 124 valence electrons. The zero-order valence-corrected chi connectivity index (χ0v) is 14.8. The smallest absolute Gasteiger partial charge is 0.341 e. The van der Waals surface area contributed by atoms with Crippen LogP contribution in [0, 0.1) is 0 Å². The first-order valence-corrected chi connectivity index (χ1v) is 7.97. The fourth-order valence-corrected chi connectivity index (χ4v) is 2.10. The molecule has 6 nitrogen and oxygen atoms in total. The van der Waals surface area contributed by atoms with Gasteiger partial charge in [0.05, 0.1) is 18.4 Å². The predicted molar refractivity (Wildman–Crippen MR) is 92.7 cm³/mol. The molecule has 24 heavy (non-hydrogen) atoms. The topological polar surface area (TPSA) is 88.3 Å². The van der Waals surface area contributed by atoms with Crippen LogP contribution in [0.2, 0.25) is 5.02 Å². The van der Waals surface area contributed by atoms with E-state index in [1.165, 1.54) is 19.2 Å². The number of halogens is 2. The van der Waals surface area contributed by atoms with Gasteiger partial charge in [0, 0.05) is 10.6 Å². The van der Waals surface area contributed by atoms with Gasteiger partial charge in [0.25, 0.3) is 0 Å². The second-order valence-corrected chi connectivity index (χ2v) is 5.91. The minimum Gasteiger partial charge on any atom is -0.497 e. The molecule has 8 heteroatoms. The number of carbonyl (C=O) groups excluding carboxylic acids is 1. The van der Waals surface area contributed by atoms with Crippen molar-refractivity contribution >= 4 is 45.0 Å². The molecule has 0 aliphatic heterocycles. The first kappa shape index (κ1) is 18.1. The maximum Gasteiger partial charge on any atom is 0.341 e. The number of carboxylic acids is 1. The highest BCUT2D eigenvalue weighted by Gasteiger charge is 2.16. The van der Waals surface area contributed by atoms with Gasteiger partial charge in [0.15, 0.2) is 5.78 Å². The average molecular weight is 412 g/mol. The van der Waals surface area contributed by atoms with E-state index in [2.05, 4.69) is 26.2 Å². The molecule has 0 aromatic heterocycles. The van der Waals surface area contributed by atoms with Crippen LogP contribution in [0.5, 0.6) is 5.75 Å². The SMILES string of the molecule is COc1ccc(C(=O)c2cc(Cl)ccc2/N=N/C(Br)C(=O)O)cc1. The molecule has 0 radical (unpaired) electrons. The van der Waals surface area contributed by atoms with Crippen molar-refractivity contribution in [3.8, 4) is 5.75 Å². The number of alkyl halides is 1. The minimum absolute atomic E-state index is 0.224. The fourth-order valence-electron chi connectivity index (χ4n) is 1.84. The van der Waals surface area contributed by atoms with Gasteiger partial charge in [-0.15, -0.1) is 0 Å². The number of carboxylic acid groups (broad SMARTS) is 1. The fraction of sp³-hybridized carbons (Fsp3) is 0.125. The Morgan fingerprint density at radius 3 is 2.46 bits per heavy atom. The maximum atomic E-state index is 12.7. The normalized spacial score (nSPS) is 12.1. The third-order valence-corrected chi connectivity index (χ3v) is 3.84. The first-order chi connectivity index (χ1) is 11.4. The molecule has 2 rings (SSSR count). The second-order valence-electron chi connectivity index (χ2n) is 4.61. The van der Waals surface area contributed by atoms with Crippen LogP contribution in [0.25, 0.3) is 0 Å². The molecule has 0 heterocycles. The van der Waals surface area contributed by atoms with Gasteiger partial charge in [-0.05, 0) is 58.4 Å². The summed E-state index contributed by atoms with van der Waals surface area (Å²) in [4.78, 5) is 22.2. The van der Waals surface area contributed by atoms with Crippen molar-refractivity contribution in [1.29, 1.82) is 0 Å². The lowest BCUT2D eigenvalue weighted by Gasteiger charge is -2.06. The van der Waals surface area contributed by atoms with Gasteiger partial charge in [-0.1, -0.05) is 11.6 Å². The largest absolute Gasteiger partial charge is 0.497 e. The molecular formula is C16H12BrClN2O4. The number of hydrogen-bond acceptors (Lipinski definition) is 5. The molecular weight excluding hydrogens is 400 g/mol. The zero-order valence-electron chi connectivity index (χ0n) is 12.4. The molecule has 1 unspecified atom stereocenters. The lowest BCUT2D eigenvalue weighted by atomic mass is 10.0. The van der Waals surface area contributed by atoms with Crippen molar-refractivity contribution in [1.82, 2.24) is 0 Å². The number of hydrogen-bond donors (Lipinski definition) is 1. The molecule has 0 fully saturated rings. The summed E-state index contributed by atoms with van der Waals surface area (Å²) in [6.07, 6.45) is 0. The van der Waals surface area contributed by atoms with Gasteiger partial charge >= 0.3 is 5.97 Å². The number of ketones is 1. The summed E-state index contributed by atoms with van der Waals surface area (Å²) >= 11 is 8.81. The van der Waals surface area contributed by atoms with Crippen LogP contribution in [0.4, 0.5) is 5.69 Å². The van der Waals surface area contributed by atoms with Gasteiger partial charge < -0.3 is 9.84 Å². The molecule has 1 N–H and O–H groups in total. The standard InChI is InChI=1S/C16H12BrClN2O4/c1-24-11-5-2-9(3-6-11)14(21)12-8-10(18)4-7-13(12)19-20-15(17)16(22)23/h2-8,15H,1H3,(H,22,23)/b20-19+. The summed E-state index contributed by atoms with van der Waals surface area (Å²) in [5.41, 5.74) is 0.871. The Bertz CT molecular complexity index is 793. The van der Waals surface area contributed by atoms with Gasteiger partial charge in [-0.2, -0.15) is 10.2 Å². The van der Waals surface area contributed by atoms with Crippen LogP contribution in [0.1, 0.15) is 15.9 Å². The molecule has 0 saturated heterocycles. The molecule has 0 aliphatic rings. The van der Waals surface area contributed by atoms with Crippen molar-refractivity contribution in [3.05, 3.63) is 58.6 Å². The van der Waals surface area contributed by atoms with Crippen LogP contribution in [-0.4, -0.2) is 28.9 Å². The molecule has 2 aromatic rings. The molecule has 0 saturated carbocycles. The Labute approximate surface area is 151 Å². The predicted octanol–water partition coefficient (Wildman–Crippen LogP) is 4.47. The van der Waals surface area contributed by atoms with Gasteiger partial charge in [0.2, 0.25) is 4.95 Å². The highest BCUT2D eigenvalue weighted by Crippen LogP contribution is 2.27. The summed E-state index contributed by atoms with van der Waals surface area (Å²) in [6, 6.07) is 11.1. The molecule has 2 aromatic carbocycles. The van der Waals surface area contributed by atoms with Crippen molar-refractivity contribution in [2.24, 2.45) is 10.2 Å². The summed E-state index contributed by atoms with van der Waals surface area (Å²) in [5, 5.41) is 16.6. The van der Waals surface area contributed by atoms with E-state index in [4.69, 9.17) is 21.4 Å². The summed E-state index contributed by atoms with van der Waals surface area (Å²) in [6.45, 7) is 0. The summed E-state index contributed by atoms with van der Waals surface area (Å²) in [5.74, 6) is -0.868. The Balaban J connectivity index is 2.38. The van der Waals surface area contributed by atoms with E-state index in [1.54, 1.807) is 30.3 Å². The van der Waals surface area contributed by atoms with E-state index in [0.717, 1.165) is 0 Å². The van der Waals surface area contributed by atoms with Gasteiger partial charge in [-0.3, -0.25) is 4.79 Å². The molecule has 1 atom stereocenters.